The number of nitrogens with zero attached hydrogens (tertiary/aromatic N) is 2. The topological polar surface area (TPSA) is 66.9 Å². The van der Waals surface area contributed by atoms with Gasteiger partial charge in [0, 0.05) is 31.2 Å². The van der Waals surface area contributed by atoms with E-state index < -0.39 is 22.0 Å². The summed E-state index contributed by atoms with van der Waals surface area (Å²) in [6.45, 7) is 1.44. The minimum Gasteiger partial charge on any atom is -0.468 e. The molecular formula is C21H25ClN2O4S. The Hall–Kier alpha value is -1.93. The highest BCUT2D eigenvalue weighted by atomic mass is 35.5. The third kappa shape index (κ3) is 5.79. The highest BCUT2D eigenvalue weighted by Crippen LogP contribution is 2.21. The molecule has 0 bridgehead atoms. The van der Waals surface area contributed by atoms with E-state index in [2.05, 4.69) is 0 Å². The maximum atomic E-state index is 13.0. The molecule has 1 heterocycles. The fourth-order valence-corrected chi connectivity index (χ4v) is 5.16. The zero-order valence-electron chi connectivity index (χ0n) is 16.3. The van der Waals surface area contributed by atoms with Crippen LogP contribution in [0.25, 0.3) is 0 Å². The van der Waals surface area contributed by atoms with Crippen LogP contribution in [0, 0.1) is 0 Å². The van der Waals surface area contributed by atoms with Gasteiger partial charge in [-0.1, -0.05) is 54.1 Å². The van der Waals surface area contributed by atoms with Crippen molar-refractivity contribution in [2.75, 3.05) is 32.5 Å². The summed E-state index contributed by atoms with van der Waals surface area (Å²) < 4.78 is 32.2. The zero-order chi connectivity index (χ0) is 20.9. The SMILES string of the molecule is COC(=O)C1CN(CCc2ccccc2)CCS(=O)(=O)N1Cc1ccc(Cl)cc1. The fourth-order valence-electron chi connectivity index (χ4n) is 3.42. The van der Waals surface area contributed by atoms with E-state index in [1.807, 2.05) is 35.2 Å². The predicted molar refractivity (Wildman–Crippen MR) is 113 cm³/mol. The number of halogens is 1. The van der Waals surface area contributed by atoms with E-state index in [1.165, 1.54) is 17.0 Å². The number of hydrogen-bond donors (Lipinski definition) is 0. The third-order valence-electron chi connectivity index (χ3n) is 5.09. The van der Waals surface area contributed by atoms with E-state index in [9.17, 15) is 13.2 Å². The van der Waals surface area contributed by atoms with Gasteiger partial charge in [0.15, 0.2) is 0 Å². The first kappa shape index (κ1) is 21.8. The molecule has 0 radical (unpaired) electrons. The van der Waals surface area contributed by atoms with E-state index in [4.69, 9.17) is 16.3 Å². The Bertz CT molecular complexity index is 919. The van der Waals surface area contributed by atoms with Gasteiger partial charge >= 0.3 is 5.97 Å². The minimum absolute atomic E-state index is 0.0388. The van der Waals surface area contributed by atoms with Crippen molar-refractivity contribution in [1.82, 2.24) is 9.21 Å². The lowest BCUT2D eigenvalue weighted by molar-refractivity contribution is -0.145. The summed E-state index contributed by atoms with van der Waals surface area (Å²) in [5, 5.41) is 0.573. The molecule has 1 aliphatic heterocycles. The summed E-state index contributed by atoms with van der Waals surface area (Å²) in [6.07, 6.45) is 0.784. The molecule has 0 saturated carbocycles. The van der Waals surface area contributed by atoms with E-state index in [1.54, 1.807) is 24.3 Å². The molecule has 0 N–H and O–H groups in total. The van der Waals surface area contributed by atoms with Crippen LogP contribution in [0.3, 0.4) is 0 Å². The fraction of sp³-hybridized carbons (Fsp3) is 0.381. The first-order chi connectivity index (χ1) is 13.9. The van der Waals surface area contributed by atoms with Crippen molar-refractivity contribution in [3.05, 3.63) is 70.7 Å². The maximum Gasteiger partial charge on any atom is 0.325 e. The molecular weight excluding hydrogens is 412 g/mol. The number of ether oxygens (including phenoxy) is 1. The van der Waals surface area contributed by atoms with E-state index >= 15 is 0 Å². The Morgan fingerprint density at radius 2 is 1.79 bits per heavy atom. The Kier molecular flexibility index (Phi) is 7.29. The van der Waals surface area contributed by atoms with Gasteiger partial charge in [0.2, 0.25) is 10.0 Å². The normalized spacial score (nSPS) is 20.1. The Morgan fingerprint density at radius 1 is 1.10 bits per heavy atom. The van der Waals surface area contributed by atoms with Gasteiger partial charge in [0.05, 0.1) is 12.9 Å². The van der Waals surface area contributed by atoms with Crippen LogP contribution in [0.2, 0.25) is 5.02 Å². The summed E-state index contributed by atoms with van der Waals surface area (Å²) in [5.74, 6) is -0.586. The van der Waals surface area contributed by atoms with Crippen LogP contribution in [-0.2, 0) is 32.5 Å². The monoisotopic (exact) mass is 436 g/mol. The molecule has 29 heavy (non-hydrogen) atoms. The van der Waals surface area contributed by atoms with Gasteiger partial charge in [0.1, 0.15) is 6.04 Å². The standard InChI is InChI=1S/C21H25ClN2O4S/c1-28-21(25)20-16-23(12-11-17-5-3-2-4-6-17)13-14-29(26,27)24(20)15-18-7-9-19(22)10-8-18/h2-10,20H,11-16H2,1H3. The average Bonchev–Trinajstić information content (AvgIpc) is 2.85. The second-order valence-electron chi connectivity index (χ2n) is 7.06. The molecule has 0 spiro atoms. The van der Waals surface area contributed by atoms with Gasteiger partial charge in [-0.25, -0.2) is 8.42 Å². The van der Waals surface area contributed by atoms with Crippen molar-refractivity contribution < 1.29 is 17.9 Å². The van der Waals surface area contributed by atoms with Crippen molar-refractivity contribution in [3.8, 4) is 0 Å². The molecule has 3 rings (SSSR count). The van der Waals surface area contributed by atoms with Crippen LogP contribution in [0.4, 0.5) is 0 Å². The van der Waals surface area contributed by atoms with E-state index in [0.717, 1.165) is 12.0 Å². The van der Waals surface area contributed by atoms with Gasteiger partial charge < -0.3 is 4.74 Å². The smallest absolute Gasteiger partial charge is 0.325 e. The molecule has 1 fully saturated rings. The lowest BCUT2D eigenvalue weighted by Crippen LogP contribution is -2.48. The van der Waals surface area contributed by atoms with Crippen molar-refractivity contribution in [3.63, 3.8) is 0 Å². The summed E-state index contributed by atoms with van der Waals surface area (Å²) in [7, 11) is -2.34. The summed E-state index contributed by atoms with van der Waals surface area (Å²) in [5.41, 5.74) is 1.94. The highest BCUT2D eigenvalue weighted by molar-refractivity contribution is 7.89. The molecule has 2 aromatic carbocycles. The first-order valence-corrected chi connectivity index (χ1v) is 11.5. The number of sulfonamides is 1. The molecule has 2 aromatic rings. The lowest BCUT2D eigenvalue weighted by Gasteiger charge is -2.28. The molecule has 6 nitrogen and oxygen atoms in total. The van der Waals surface area contributed by atoms with Crippen LogP contribution in [-0.4, -0.2) is 62.1 Å². The number of carbonyl (C=O) groups is 1. The second kappa shape index (κ2) is 9.71. The van der Waals surface area contributed by atoms with E-state index in [-0.39, 0.29) is 12.3 Å². The lowest BCUT2D eigenvalue weighted by atomic mass is 10.1. The Morgan fingerprint density at radius 3 is 2.45 bits per heavy atom. The number of esters is 1. The van der Waals surface area contributed by atoms with Gasteiger partial charge in [0.25, 0.3) is 0 Å². The number of benzene rings is 2. The molecule has 0 aromatic heterocycles. The highest BCUT2D eigenvalue weighted by Gasteiger charge is 2.39. The Labute approximate surface area is 177 Å². The zero-order valence-corrected chi connectivity index (χ0v) is 17.9. The summed E-state index contributed by atoms with van der Waals surface area (Å²) >= 11 is 5.93. The molecule has 1 aliphatic rings. The van der Waals surface area contributed by atoms with Crippen molar-refractivity contribution in [1.29, 1.82) is 0 Å². The summed E-state index contributed by atoms with van der Waals surface area (Å²) in [4.78, 5) is 14.5. The number of hydrogen-bond acceptors (Lipinski definition) is 5. The maximum absolute atomic E-state index is 13.0. The number of methoxy groups -OCH3 is 1. The first-order valence-electron chi connectivity index (χ1n) is 9.47. The molecule has 0 aliphatic carbocycles. The molecule has 8 heteroatoms. The van der Waals surface area contributed by atoms with E-state index in [0.29, 0.717) is 24.7 Å². The average molecular weight is 437 g/mol. The van der Waals surface area contributed by atoms with Gasteiger partial charge in [-0.15, -0.1) is 0 Å². The largest absolute Gasteiger partial charge is 0.468 e. The van der Waals surface area contributed by atoms with Crippen molar-refractivity contribution >= 4 is 27.6 Å². The minimum atomic E-state index is -3.63. The number of rotatable bonds is 6. The van der Waals surface area contributed by atoms with Gasteiger partial charge in [-0.2, -0.15) is 4.31 Å². The van der Waals surface area contributed by atoms with Crippen molar-refractivity contribution in [2.24, 2.45) is 0 Å². The molecule has 0 amide bonds. The van der Waals surface area contributed by atoms with Gasteiger partial charge in [-0.05, 0) is 29.7 Å². The summed E-state index contributed by atoms with van der Waals surface area (Å²) in [6, 6.07) is 16.1. The quantitative estimate of drug-likeness (QED) is 0.651. The van der Waals surface area contributed by atoms with Crippen molar-refractivity contribution in [2.45, 2.75) is 19.0 Å². The van der Waals surface area contributed by atoms with Crippen LogP contribution in [0.1, 0.15) is 11.1 Å². The van der Waals surface area contributed by atoms with Gasteiger partial charge in [-0.3, -0.25) is 9.69 Å². The predicted octanol–water partition coefficient (Wildman–Crippen LogP) is 2.57. The molecule has 1 saturated heterocycles. The molecule has 1 unspecified atom stereocenters. The van der Waals surface area contributed by atoms with Crippen LogP contribution < -0.4 is 0 Å². The van der Waals surface area contributed by atoms with Crippen LogP contribution >= 0.6 is 11.6 Å². The molecule has 1 atom stereocenters. The second-order valence-corrected chi connectivity index (χ2v) is 9.54. The van der Waals surface area contributed by atoms with Crippen LogP contribution in [0.15, 0.2) is 54.6 Å². The third-order valence-corrected chi connectivity index (χ3v) is 7.13. The molecule has 156 valence electrons. The Balaban J connectivity index is 1.80. The number of carbonyl (C=O) groups excluding carboxylic acids is 1. The van der Waals surface area contributed by atoms with Crippen LogP contribution in [0.5, 0.6) is 0 Å².